The zero-order valence-corrected chi connectivity index (χ0v) is 18.8. The van der Waals surface area contributed by atoms with Crippen molar-refractivity contribution in [3.8, 4) is 16.9 Å². The average molecular weight is 431 g/mol. The van der Waals surface area contributed by atoms with Gasteiger partial charge in [0.2, 0.25) is 5.91 Å². The normalized spacial score (nSPS) is 18.6. The zero-order valence-electron chi connectivity index (χ0n) is 18.8. The molecule has 1 fully saturated rings. The summed E-state index contributed by atoms with van der Waals surface area (Å²) in [5, 5.41) is 0. The molecule has 6 heteroatoms. The number of hydrogen-bond acceptors (Lipinski definition) is 5. The number of likely N-dealkylation sites (tertiary alicyclic amines) is 1. The molecule has 1 saturated heterocycles. The number of rotatable bonds is 8. The fraction of sp³-hybridized carbons (Fsp3) is 0.346. The number of aromatic nitrogens is 2. The van der Waals surface area contributed by atoms with E-state index < -0.39 is 5.41 Å². The van der Waals surface area contributed by atoms with E-state index >= 15 is 0 Å². The molecule has 0 spiro atoms. The monoisotopic (exact) mass is 430 g/mol. The summed E-state index contributed by atoms with van der Waals surface area (Å²) in [6, 6.07) is 16.3. The molecule has 1 amide bonds. The third-order valence-electron chi connectivity index (χ3n) is 6.35. The van der Waals surface area contributed by atoms with E-state index in [-0.39, 0.29) is 5.91 Å². The second-order valence-electron chi connectivity index (χ2n) is 8.54. The van der Waals surface area contributed by atoms with E-state index in [0.29, 0.717) is 13.0 Å². The predicted molar refractivity (Wildman–Crippen MR) is 125 cm³/mol. The Bertz CT molecular complexity index is 1070. The van der Waals surface area contributed by atoms with Crippen molar-refractivity contribution in [2.45, 2.75) is 32.7 Å². The van der Waals surface area contributed by atoms with Crippen molar-refractivity contribution in [2.75, 3.05) is 20.2 Å². The maximum Gasteiger partial charge on any atom is 0.225 e. The van der Waals surface area contributed by atoms with Gasteiger partial charge in [0.05, 0.1) is 12.5 Å². The van der Waals surface area contributed by atoms with Crippen LogP contribution in [0.3, 0.4) is 0 Å². The lowest BCUT2D eigenvalue weighted by atomic mass is 9.80. The molecular formula is C26H30N4O2. The lowest BCUT2D eigenvalue weighted by Gasteiger charge is -2.26. The van der Waals surface area contributed by atoms with E-state index in [1.807, 2.05) is 43.6 Å². The van der Waals surface area contributed by atoms with Gasteiger partial charge in [-0.2, -0.15) is 0 Å². The summed E-state index contributed by atoms with van der Waals surface area (Å²) in [6.45, 7) is 4.25. The highest BCUT2D eigenvalue weighted by Crippen LogP contribution is 2.36. The number of para-hydroxylation sites is 1. The van der Waals surface area contributed by atoms with Crippen LogP contribution >= 0.6 is 0 Å². The van der Waals surface area contributed by atoms with Crippen molar-refractivity contribution in [3.63, 3.8) is 0 Å². The topological polar surface area (TPSA) is 81.3 Å². The third kappa shape index (κ3) is 4.65. The quantitative estimate of drug-likeness (QED) is 0.590. The van der Waals surface area contributed by atoms with Crippen LogP contribution in [-0.2, 0) is 24.2 Å². The summed E-state index contributed by atoms with van der Waals surface area (Å²) < 4.78 is 5.48. The summed E-state index contributed by atoms with van der Waals surface area (Å²) in [7, 11) is 1.68. The smallest absolute Gasteiger partial charge is 0.225 e. The Morgan fingerprint density at radius 1 is 1.09 bits per heavy atom. The van der Waals surface area contributed by atoms with Crippen LogP contribution in [0.15, 0.2) is 60.9 Å². The van der Waals surface area contributed by atoms with Gasteiger partial charge in [-0.15, -0.1) is 0 Å². The number of nitrogens with zero attached hydrogens (tertiary/aromatic N) is 3. The first-order valence-corrected chi connectivity index (χ1v) is 11.1. The minimum absolute atomic E-state index is 0.230. The van der Waals surface area contributed by atoms with Gasteiger partial charge in [0.25, 0.3) is 0 Å². The number of carbonyl (C=O) groups excluding carboxylic acids is 1. The second-order valence-corrected chi connectivity index (χ2v) is 8.54. The van der Waals surface area contributed by atoms with Crippen molar-refractivity contribution in [1.82, 2.24) is 14.9 Å². The summed E-state index contributed by atoms with van der Waals surface area (Å²) in [5.74, 6) is 1.46. The van der Waals surface area contributed by atoms with Crippen molar-refractivity contribution >= 4 is 5.91 Å². The van der Waals surface area contributed by atoms with E-state index in [0.717, 1.165) is 59.8 Å². The molecular weight excluding hydrogens is 400 g/mol. The zero-order chi connectivity index (χ0) is 22.6. The van der Waals surface area contributed by atoms with E-state index in [4.69, 9.17) is 10.5 Å². The van der Waals surface area contributed by atoms with Crippen molar-refractivity contribution in [3.05, 3.63) is 77.9 Å². The van der Waals surface area contributed by atoms with Gasteiger partial charge in [0.1, 0.15) is 11.6 Å². The lowest BCUT2D eigenvalue weighted by molar-refractivity contribution is -0.127. The highest BCUT2D eigenvalue weighted by molar-refractivity contribution is 5.82. The Kier molecular flexibility index (Phi) is 6.51. The Balaban J connectivity index is 1.47. The van der Waals surface area contributed by atoms with E-state index in [1.54, 1.807) is 7.11 Å². The number of aryl methyl sites for hydroxylation is 1. The van der Waals surface area contributed by atoms with Crippen molar-refractivity contribution < 1.29 is 9.53 Å². The molecule has 4 rings (SSSR count). The fourth-order valence-corrected chi connectivity index (χ4v) is 4.51. The second kappa shape index (κ2) is 9.49. The maximum atomic E-state index is 12.5. The molecule has 0 bridgehead atoms. The Labute approximate surface area is 189 Å². The van der Waals surface area contributed by atoms with Crippen LogP contribution < -0.4 is 10.5 Å². The molecule has 1 aliphatic heterocycles. The maximum absolute atomic E-state index is 12.5. The average Bonchev–Trinajstić information content (AvgIpc) is 3.23. The first-order chi connectivity index (χ1) is 15.5. The molecule has 3 aromatic rings. The molecule has 2 aromatic carbocycles. The standard InChI is InChI=1S/C26H30N4O2/c1-3-24-28-15-20(16-29-24)17-30-13-12-26(18-30,25(27)31)14-19-8-10-21(11-9-19)22-6-4-5-7-23(22)32-2/h4-11,15-16H,3,12-14,17-18H2,1-2H3,(H2,27,31)/t26-/m0/s1. The molecule has 0 unspecified atom stereocenters. The van der Waals surface area contributed by atoms with Gasteiger partial charge in [-0.05, 0) is 36.6 Å². The minimum atomic E-state index is -0.559. The molecule has 6 nitrogen and oxygen atoms in total. The Morgan fingerprint density at radius 3 is 2.47 bits per heavy atom. The number of hydrogen-bond donors (Lipinski definition) is 1. The van der Waals surface area contributed by atoms with Gasteiger partial charge in [-0.25, -0.2) is 9.97 Å². The van der Waals surface area contributed by atoms with E-state index in [9.17, 15) is 4.79 Å². The van der Waals surface area contributed by atoms with Crippen LogP contribution in [0.5, 0.6) is 5.75 Å². The number of nitrogens with two attached hydrogens (primary N) is 1. The minimum Gasteiger partial charge on any atom is -0.496 e. The van der Waals surface area contributed by atoms with Gasteiger partial charge >= 0.3 is 0 Å². The molecule has 0 saturated carbocycles. The van der Waals surface area contributed by atoms with Gasteiger partial charge < -0.3 is 10.5 Å². The van der Waals surface area contributed by atoms with Gasteiger partial charge in [-0.3, -0.25) is 9.69 Å². The summed E-state index contributed by atoms with van der Waals surface area (Å²) >= 11 is 0. The number of benzene rings is 2. The number of ether oxygens (including phenoxy) is 1. The van der Waals surface area contributed by atoms with Crippen LogP contribution in [0.2, 0.25) is 0 Å². The summed E-state index contributed by atoms with van der Waals surface area (Å²) in [6.07, 6.45) is 5.98. The molecule has 1 aromatic heterocycles. The largest absolute Gasteiger partial charge is 0.496 e. The van der Waals surface area contributed by atoms with Crippen LogP contribution in [0.4, 0.5) is 0 Å². The number of carbonyl (C=O) groups is 1. The number of methoxy groups -OCH3 is 1. The van der Waals surface area contributed by atoms with Crippen molar-refractivity contribution in [1.29, 1.82) is 0 Å². The Morgan fingerprint density at radius 2 is 1.81 bits per heavy atom. The molecule has 32 heavy (non-hydrogen) atoms. The van der Waals surface area contributed by atoms with Gasteiger partial charge in [0, 0.05) is 43.0 Å². The van der Waals surface area contributed by atoms with E-state index in [1.165, 1.54) is 0 Å². The van der Waals surface area contributed by atoms with Gasteiger partial charge in [-0.1, -0.05) is 49.4 Å². The van der Waals surface area contributed by atoms with E-state index in [2.05, 4.69) is 39.1 Å². The molecule has 0 aliphatic carbocycles. The molecule has 166 valence electrons. The fourth-order valence-electron chi connectivity index (χ4n) is 4.51. The summed E-state index contributed by atoms with van der Waals surface area (Å²) in [5.41, 5.74) is 9.67. The molecule has 1 aliphatic rings. The molecule has 2 heterocycles. The third-order valence-corrected chi connectivity index (χ3v) is 6.35. The first-order valence-electron chi connectivity index (χ1n) is 11.1. The lowest BCUT2D eigenvalue weighted by Crippen LogP contribution is -2.41. The van der Waals surface area contributed by atoms with Crippen LogP contribution in [0, 0.1) is 5.41 Å². The summed E-state index contributed by atoms with van der Waals surface area (Å²) in [4.78, 5) is 23.6. The first kappa shape index (κ1) is 22.0. The van der Waals surface area contributed by atoms with Crippen LogP contribution in [-0.4, -0.2) is 41.0 Å². The van der Waals surface area contributed by atoms with Gasteiger partial charge in [0.15, 0.2) is 0 Å². The highest BCUT2D eigenvalue weighted by atomic mass is 16.5. The molecule has 0 radical (unpaired) electrons. The number of amides is 1. The van der Waals surface area contributed by atoms with Crippen molar-refractivity contribution in [2.24, 2.45) is 11.1 Å². The predicted octanol–water partition coefficient (Wildman–Crippen LogP) is 3.63. The van der Waals surface area contributed by atoms with Crippen LogP contribution in [0.25, 0.3) is 11.1 Å². The molecule has 2 N–H and O–H groups in total. The van der Waals surface area contributed by atoms with Crippen LogP contribution in [0.1, 0.15) is 30.3 Å². The Hall–Kier alpha value is -3.25. The SMILES string of the molecule is CCc1ncc(CN2CC[C@@](Cc3ccc(-c4ccccc4OC)cc3)(C(N)=O)C2)cn1. The highest BCUT2D eigenvalue weighted by Gasteiger charge is 2.43. The molecule has 1 atom stereocenters. The number of primary amides is 1.